The molecule has 0 bridgehead atoms. The standard InChI is InChI=1S/C13H17N3OS/c1-4-14-13(10-7-8-18-9(10)2)11-5-6-12(17-3)16-15-11/h5-8,13-14H,4H2,1-3H3. The fraction of sp³-hybridized carbons (Fsp3) is 0.385. The molecule has 0 aliphatic heterocycles. The van der Waals surface area contributed by atoms with Crippen LogP contribution in [0.3, 0.4) is 0 Å². The van der Waals surface area contributed by atoms with Crippen LogP contribution in [0.1, 0.15) is 29.1 Å². The minimum atomic E-state index is 0.0969. The van der Waals surface area contributed by atoms with E-state index in [1.165, 1.54) is 10.4 Å². The Bertz CT molecular complexity index is 495. The number of ether oxygens (including phenoxy) is 1. The van der Waals surface area contributed by atoms with E-state index in [1.807, 2.05) is 12.1 Å². The summed E-state index contributed by atoms with van der Waals surface area (Å²) in [5.74, 6) is 0.538. The third kappa shape index (κ3) is 2.68. The molecule has 1 N–H and O–H groups in total. The molecule has 0 aliphatic rings. The van der Waals surface area contributed by atoms with Crippen LogP contribution in [0.2, 0.25) is 0 Å². The first kappa shape index (κ1) is 13.0. The molecular weight excluding hydrogens is 246 g/mol. The van der Waals surface area contributed by atoms with Gasteiger partial charge in [0.25, 0.3) is 0 Å². The van der Waals surface area contributed by atoms with Gasteiger partial charge < -0.3 is 10.1 Å². The fourth-order valence-electron chi connectivity index (χ4n) is 1.87. The molecule has 0 aliphatic carbocycles. The maximum atomic E-state index is 5.03. The van der Waals surface area contributed by atoms with E-state index in [0.717, 1.165) is 12.2 Å². The molecule has 4 nitrogen and oxygen atoms in total. The molecule has 5 heteroatoms. The number of thiophene rings is 1. The highest BCUT2D eigenvalue weighted by molar-refractivity contribution is 7.10. The predicted molar refractivity (Wildman–Crippen MR) is 73.2 cm³/mol. The molecule has 0 radical (unpaired) electrons. The molecule has 2 rings (SSSR count). The summed E-state index contributed by atoms with van der Waals surface area (Å²) in [7, 11) is 1.59. The molecule has 2 aromatic rings. The molecule has 0 amide bonds. The highest BCUT2D eigenvalue weighted by Crippen LogP contribution is 2.27. The van der Waals surface area contributed by atoms with Gasteiger partial charge in [0, 0.05) is 10.9 Å². The zero-order chi connectivity index (χ0) is 13.0. The van der Waals surface area contributed by atoms with Crippen molar-refractivity contribution in [2.45, 2.75) is 19.9 Å². The number of methoxy groups -OCH3 is 1. The third-order valence-corrected chi connectivity index (χ3v) is 3.65. The van der Waals surface area contributed by atoms with Crippen LogP contribution in [0.25, 0.3) is 0 Å². The van der Waals surface area contributed by atoms with Gasteiger partial charge in [-0.3, -0.25) is 0 Å². The van der Waals surface area contributed by atoms with Gasteiger partial charge in [0.2, 0.25) is 5.88 Å². The summed E-state index contributed by atoms with van der Waals surface area (Å²) in [6.07, 6.45) is 0. The Labute approximate surface area is 111 Å². The lowest BCUT2D eigenvalue weighted by molar-refractivity contribution is 0.390. The van der Waals surface area contributed by atoms with Gasteiger partial charge in [-0.1, -0.05) is 6.92 Å². The zero-order valence-electron chi connectivity index (χ0n) is 10.8. The van der Waals surface area contributed by atoms with Crippen LogP contribution in [0.15, 0.2) is 23.6 Å². The maximum Gasteiger partial charge on any atom is 0.233 e. The van der Waals surface area contributed by atoms with E-state index >= 15 is 0 Å². The molecule has 2 heterocycles. The topological polar surface area (TPSA) is 47.0 Å². The largest absolute Gasteiger partial charge is 0.480 e. The van der Waals surface area contributed by atoms with E-state index in [1.54, 1.807) is 18.4 Å². The number of nitrogens with zero attached hydrogens (tertiary/aromatic N) is 2. The summed E-state index contributed by atoms with van der Waals surface area (Å²) in [5, 5.41) is 13.8. The van der Waals surface area contributed by atoms with Gasteiger partial charge >= 0.3 is 0 Å². The lowest BCUT2D eigenvalue weighted by atomic mass is 10.0. The van der Waals surface area contributed by atoms with Gasteiger partial charge in [-0.2, -0.15) is 0 Å². The first-order chi connectivity index (χ1) is 8.76. The summed E-state index contributed by atoms with van der Waals surface area (Å²) in [6.45, 7) is 5.10. The molecule has 1 atom stereocenters. The number of nitrogens with one attached hydrogen (secondary N) is 1. The summed E-state index contributed by atoms with van der Waals surface area (Å²) >= 11 is 1.75. The molecular formula is C13H17N3OS. The van der Waals surface area contributed by atoms with E-state index in [-0.39, 0.29) is 6.04 Å². The van der Waals surface area contributed by atoms with Crippen molar-refractivity contribution in [2.24, 2.45) is 0 Å². The zero-order valence-corrected chi connectivity index (χ0v) is 11.6. The Balaban J connectivity index is 2.32. The molecule has 0 fully saturated rings. The van der Waals surface area contributed by atoms with Gasteiger partial charge in [0.15, 0.2) is 0 Å². The summed E-state index contributed by atoms with van der Waals surface area (Å²) in [6, 6.07) is 6.03. The van der Waals surface area contributed by atoms with Crippen molar-refractivity contribution in [1.29, 1.82) is 0 Å². The van der Waals surface area contributed by atoms with Gasteiger partial charge in [0.05, 0.1) is 18.8 Å². The van der Waals surface area contributed by atoms with Crippen LogP contribution < -0.4 is 10.1 Å². The highest BCUT2D eigenvalue weighted by Gasteiger charge is 2.17. The molecule has 2 aromatic heterocycles. The van der Waals surface area contributed by atoms with E-state index < -0.39 is 0 Å². The Morgan fingerprint density at radius 3 is 2.67 bits per heavy atom. The summed E-state index contributed by atoms with van der Waals surface area (Å²) in [4.78, 5) is 1.30. The van der Waals surface area contributed by atoms with Crippen molar-refractivity contribution >= 4 is 11.3 Å². The van der Waals surface area contributed by atoms with Crippen LogP contribution in [0.5, 0.6) is 5.88 Å². The number of hydrogen-bond donors (Lipinski definition) is 1. The second-order valence-corrected chi connectivity index (χ2v) is 5.04. The first-order valence-corrected chi connectivity index (χ1v) is 6.79. The van der Waals surface area contributed by atoms with Gasteiger partial charge in [-0.25, -0.2) is 0 Å². The predicted octanol–water partition coefficient (Wildman–Crippen LogP) is 2.55. The fourth-order valence-corrected chi connectivity index (χ4v) is 2.61. The first-order valence-electron chi connectivity index (χ1n) is 5.91. The minimum absolute atomic E-state index is 0.0969. The maximum absolute atomic E-state index is 5.03. The number of rotatable bonds is 5. The Hall–Kier alpha value is -1.46. The molecule has 0 spiro atoms. The third-order valence-electron chi connectivity index (χ3n) is 2.78. The van der Waals surface area contributed by atoms with Gasteiger partial charge in [-0.15, -0.1) is 21.5 Å². The van der Waals surface area contributed by atoms with Crippen molar-refractivity contribution in [3.8, 4) is 5.88 Å². The van der Waals surface area contributed by atoms with Gasteiger partial charge in [-0.05, 0) is 36.5 Å². The lowest BCUT2D eigenvalue weighted by Gasteiger charge is -2.17. The van der Waals surface area contributed by atoms with E-state index in [2.05, 4.69) is 40.8 Å². The van der Waals surface area contributed by atoms with Crippen LogP contribution in [-0.4, -0.2) is 23.9 Å². The number of aryl methyl sites for hydroxylation is 1. The second-order valence-electron chi connectivity index (χ2n) is 3.92. The summed E-state index contributed by atoms with van der Waals surface area (Å²) < 4.78 is 5.03. The Morgan fingerprint density at radius 1 is 1.33 bits per heavy atom. The van der Waals surface area contributed by atoms with E-state index in [9.17, 15) is 0 Å². The Kier molecular flexibility index (Phi) is 4.28. The molecule has 0 aromatic carbocycles. The highest BCUT2D eigenvalue weighted by atomic mass is 32.1. The van der Waals surface area contributed by atoms with Crippen LogP contribution in [0.4, 0.5) is 0 Å². The normalized spacial score (nSPS) is 12.4. The van der Waals surface area contributed by atoms with Crippen LogP contribution >= 0.6 is 11.3 Å². The smallest absolute Gasteiger partial charge is 0.233 e. The van der Waals surface area contributed by atoms with E-state index in [0.29, 0.717) is 5.88 Å². The molecule has 18 heavy (non-hydrogen) atoms. The minimum Gasteiger partial charge on any atom is -0.480 e. The molecule has 96 valence electrons. The Morgan fingerprint density at radius 2 is 2.17 bits per heavy atom. The van der Waals surface area contributed by atoms with Crippen molar-refractivity contribution in [1.82, 2.24) is 15.5 Å². The second kappa shape index (κ2) is 5.93. The van der Waals surface area contributed by atoms with Crippen molar-refractivity contribution < 1.29 is 4.74 Å². The summed E-state index contributed by atoms with van der Waals surface area (Å²) in [5.41, 5.74) is 2.18. The number of aromatic nitrogens is 2. The van der Waals surface area contributed by atoms with Crippen molar-refractivity contribution in [3.63, 3.8) is 0 Å². The SMILES string of the molecule is CCNC(c1ccc(OC)nn1)c1ccsc1C. The average Bonchev–Trinajstić information content (AvgIpc) is 2.82. The molecule has 0 saturated carbocycles. The molecule has 1 unspecified atom stereocenters. The van der Waals surface area contributed by atoms with Gasteiger partial charge in [0.1, 0.15) is 0 Å². The van der Waals surface area contributed by atoms with E-state index in [4.69, 9.17) is 4.74 Å². The lowest BCUT2D eigenvalue weighted by Crippen LogP contribution is -2.23. The monoisotopic (exact) mass is 263 g/mol. The van der Waals surface area contributed by atoms with Crippen molar-refractivity contribution in [3.05, 3.63) is 39.7 Å². The number of hydrogen-bond acceptors (Lipinski definition) is 5. The van der Waals surface area contributed by atoms with Crippen molar-refractivity contribution in [2.75, 3.05) is 13.7 Å². The quantitative estimate of drug-likeness (QED) is 0.900. The van der Waals surface area contributed by atoms with Crippen LogP contribution in [-0.2, 0) is 0 Å². The average molecular weight is 263 g/mol. The van der Waals surface area contributed by atoms with Crippen LogP contribution in [0, 0.1) is 6.92 Å². The molecule has 0 saturated heterocycles.